The Morgan fingerprint density at radius 2 is 1.77 bits per heavy atom. The second-order valence-corrected chi connectivity index (χ2v) is 7.29. The molecule has 1 aromatic heterocycles. The predicted octanol–water partition coefficient (Wildman–Crippen LogP) is 3.54. The molecule has 1 atom stereocenters. The molecule has 0 bridgehead atoms. The molecule has 2 aromatic carbocycles. The number of hydrogen-bond donors (Lipinski definition) is 1. The molecule has 1 aliphatic rings. The largest absolute Gasteiger partial charge is 0.464 e. The molecule has 2 heterocycles. The van der Waals surface area contributed by atoms with Crippen LogP contribution in [0.1, 0.15) is 31.1 Å². The molecule has 31 heavy (non-hydrogen) atoms. The van der Waals surface area contributed by atoms with Gasteiger partial charge in [0.25, 0.3) is 11.8 Å². The number of rotatable bonds is 5. The van der Waals surface area contributed by atoms with Gasteiger partial charge in [0.15, 0.2) is 0 Å². The van der Waals surface area contributed by atoms with Crippen LogP contribution in [0.3, 0.4) is 0 Å². The van der Waals surface area contributed by atoms with Gasteiger partial charge in [-0.05, 0) is 45.0 Å². The van der Waals surface area contributed by atoms with Crippen molar-refractivity contribution >= 4 is 40.4 Å². The van der Waals surface area contributed by atoms with Gasteiger partial charge in [-0.2, -0.15) is 0 Å². The standard InChI is InChI=1S/C24H23N3O4/c1-4-31-24(30)16(3)26-15(2)19(18-12-8-9-13-21(18)26)14-20-22(28)25-27(23(20)29)17-10-6-5-7-11-17/h5-14,16H,4H2,1-3H3,(H,25,28)/b20-14-/t16-/m0/s1. The Hall–Kier alpha value is -3.87. The Labute approximate surface area is 179 Å². The Morgan fingerprint density at radius 3 is 2.48 bits per heavy atom. The van der Waals surface area contributed by atoms with Crippen LogP contribution in [0.15, 0.2) is 60.2 Å². The minimum absolute atomic E-state index is 0.0404. The van der Waals surface area contributed by atoms with Gasteiger partial charge in [-0.15, -0.1) is 0 Å². The van der Waals surface area contributed by atoms with Gasteiger partial charge in [0.1, 0.15) is 11.6 Å². The van der Waals surface area contributed by atoms with Crippen molar-refractivity contribution in [1.82, 2.24) is 9.99 Å². The molecular formula is C24H23N3O4. The molecule has 1 N–H and O–H groups in total. The van der Waals surface area contributed by atoms with Gasteiger partial charge >= 0.3 is 5.97 Å². The fourth-order valence-electron chi connectivity index (χ4n) is 3.93. The molecule has 7 nitrogen and oxygen atoms in total. The number of carbonyl (C=O) groups is 3. The lowest BCUT2D eigenvalue weighted by Crippen LogP contribution is -2.35. The fourth-order valence-corrected chi connectivity index (χ4v) is 3.93. The van der Waals surface area contributed by atoms with E-state index in [2.05, 4.69) is 5.43 Å². The zero-order chi connectivity index (χ0) is 22.1. The number of fused-ring (bicyclic) bond motifs is 1. The number of ether oxygens (including phenoxy) is 1. The Morgan fingerprint density at radius 1 is 1.10 bits per heavy atom. The summed E-state index contributed by atoms with van der Waals surface area (Å²) in [5.74, 6) is -1.23. The minimum Gasteiger partial charge on any atom is -0.464 e. The summed E-state index contributed by atoms with van der Waals surface area (Å²) >= 11 is 0. The van der Waals surface area contributed by atoms with Crippen molar-refractivity contribution < 1.29 is 19.1 Å². The van der Waals surface area contributed by atoms with Crippen LogP contribution in [0.4, 0.5) is 5.69 Å². The Balaban J connectivity index is 1.81. The molecule has 158 valence electrons. The molecular weight excluding hydrogens is 394 g/mol. The van der Waals surface area contributed by atoms with E-state index in [-0.39, 0.29) is 11.5 Å². The fraction of sp³-hybridized carbons (Fsp3) is 0.208. The third-order valence-electron chi connectivity index (χ3n) is 5.41. The number of carbonyl (C=O) groups excluding carboxylic acids is 3. The molecule has 4 rings (SSSR count). The number of esters is 1. The van der Waals surface area contributed by atoms with Crippen molar-refractivity contribution in [1.29, 1.82) is 0 Å². The van der Waals surface area contributed by atoms with Crippen LogP contribution in [0.25, 0.3) is 17.0 Å². The second-order valence-electron chi connectivity index (χ2n) is 7.29. The van der Waals surface area contributed by atoms with Gasteiger partial charge in [-0.25, -0.2) is 9.80 Å². The highest BCUT2D eigenvalue weighted by Crippen LogP contribution is 2.32. The van der Waals surface area contributed by atoms with Crippen LogP contribution in [-0.2, 0) is 19.1 Å². The SMILES string of the molecule is CCOC(=O)[C@H](C)n1c(C)c(/C=C2/C(=O)NN(c3ccccc3)C2=O)c2ccccc21. The van der Waals surface area contributed by atoms with Gasteiger partial charge < -0.3 is 9.30 Å². The van der Waals surface area contributed by atoms with E-state index in [1.165, 1.54) is 5.01 Å². The third-order valence-corrected chi connectivity index (χ3v) is 5.41. The monoisotopic (exact) mass is 417 g/mol. The number of amides is 2. The van der Waals surface area contributed by atoms with Gasteiger partial charge in [0.2, 0.25) is 0 Å². The van der Waals surface area contributed by atoms with E-state index in [0.29, 0.717) is 12.3 Å². The summed E-state index contributed by atoms with van der Waals surface area (Å²) < 4.78 is 7.08. The summed E-state index contributed by atoms with van der Waals surface area (Å²) in [5, 5.41) is 2.09. The highest BCUT2D eigenvalue weighted by Gasteiger charge is 2.35. The van der Waals surface area contributed by atoms with Crippen molar-refractivity contribution in [2.75, 3.05) is 11.6 Å². The molecule has 3 aromatic rings. The topological polar surface area (TPSA) is 80.6 Å². The van der Waals surface area contributed by atoms with Crippen molar-refractivity contribution in [3.63, 3.8) is 0 Å². The van der Waals surface area contributed by atoms with Crippen LogP contribution in [0, 0.1) is 6.92 Å². The number of benzene rings is 2. The lowest BCUT2D eigenvalue weighted by atomic mass is 10.1. The van der Waals surface area contributed by atoms with Gasteiger partial charge in [-0.3, -0.25) is 15.0 Å². The first-order valence-corrected chi connectivity index (χ1v) is 10.1. The summed E-state index contributed by atoms with van der Waals surface area (Å²) in [5.41, 5.74) is 5.57. The zero-order valence-corrected chi connectivity index (χ0v) is 17.6. The van der Waals surface area contributed by atoms with E-state index < -0.39 is 17.9 Å². The van der Waals surface area contributed by atoms with Crippen LogP contribution in [-0.4, -0.2) is 29.0 Å². The summed E-state index contributed by atoms with van der Waals surface area (Å²) in [6.07, 6.45) is 1.60. The highest BCUT2D eigenvalue weighted by atomic mass is 16.5. The van der Waals surface area contributed by atoms with E-state index in [0.717, 1.165) is 22.2 Å². The van der Waals surface area contributed by atoms with Gasteiger partial charge in [0, 0.05) is 22.2 Å². The maximum absolute atomic E-state index is 13.0. The molecule has 0 spiro atoms. The van der Waals surface area contributed by atoms with Gasteiger partial charge in [0.05, 0.1) is 12.3 Å². The average molecular weight is 417 g/mol. The number of para-hydroxylation sites is 2. The van der Waals surface area contributed by atoms with Crippen molar-refractivity contribution in [3.8, 4) is 0 Å². The number of hydrogen-bond acceptors (Lipinski definition) is 4. The van der Waals surface area contributed by atoms with E-state index in [9.17, 15) is 14.4 Å². The normalized spacial score (nSPS) is 16.1. The smallest absolute Gasteiger partial charge is 0.328 e. The summed E-state index contributed by atoms with van der Waals surface area (Å²) in [6, 6.07) is 16.0. The van der Waals surface area contributed by atoms with Crippen molar-refractivity contribution in [3.05, 3.63) is 71.4 Å². The number of anilines is 1. The molecule has 1 aliphatic heterocycles. The zero-order valence-electron chi connectivity index (χ0n) is 17.6. The number of nitrogens with one attached hydrogen (secondary N) is 1. The Kier molecular flexibility index (Phi) is 5.33. The Bertz CT molecular complexity index is 1210. The van der Waals surface area contributed by atoms with Gasteiger partial charge in [-0.1, -0.05) is 36.4 Å². The third kappa shape index (κ3) is 3.48. The number of hydrazine groups is 1. The first-order valence-electron chi connectivity index (χ1n) is 10.1. The molecule has 0 saturated carbocycles. The molecule has 2 amide bonds. The highest BCUT2D eigenvalue weighted by molar-refractivity contribution is 6.32. The van der Waals surface area contributed by atoms with Crippen LogP contribution in [0.2, 0.25) is 0 Å². The maximum atomic E-state index is 13.0. The first-order chi connectivity index (χ1) is 14.9. The van der Waals surface area contributed by atoms with Crippen LogP contribution >= 0.6 is 0 Å². The van der Waals surface area contributed by atoms with E-state index in [4.69, 9.17) is 4.74 Å². The molecule has 0 radical (unpaired) electrons. The number of nitrogens with zero attached hydrogens (tertiary/aromatic N) is 2. The van der Waals surface area contributed by atoms with Crippen LogP contribution < -0.4 is 10.4 Å². The van der Waals surface area contributed by atoms with E-state index in [1.54, 1.807) is 44.2 Å². The summed E-state index contributed by atoms with van der Waals surface area (Å²) in [7, 11) is 0. The van der Waals surface area contributed by atoms with E-state index >= 15 is 0 Å². The van der Waals surface area contributed by atoms with Crippen LogP contribution in [0.5, 0.6) is 0 Å². The quantitative estimate of drug-likeness (QED) is 0.391. The first kappa shape index (κ1) is 20.4. The lowest BCUT2D eigenvalue weighted by Gasteiger charge is -2.16. The summed E-state index contributed by atoms with van der Waals surface area (Å²) in [6.45, 7) is 5.71. The lowest BCUT2D eigenvalue weighted by molar-refractivity contribution is -0.146. The minimum atomic E-state index is -0.550. The summed E-state index contributed by atoms with van der Waals surface area (Å²) in [4.78, 5) is 38.0. The second kappa shape index (κ2) is 8.10. The van der Waals surface area contributed by atoms with Crippen molar-refractivity contribution in [2.45, 2.75) is 26.8 Å². The van der Waals surface area contributed by atoms with Crippen molar-refractivity contribution in [2.24, 2.45) is 0 Å². The molecule has 1 saturated heterocycles. The molecule has 0 unspecified atom stereocenters. The average Bonchev–Trinajstić information content (AvgIpc) is 3.22. The molecule has 0 aliphatic carbocycles. The number of aromatic nitrogens is 1. The van der Waals surface area contributed by atoms with E-state index in [1.807, 2.05) is 41.8 Å². The molecule has 7 heteroatoms. The molecule has 1 fully saturated rings. The maximum Gasteiger partial charge on any atom is 0.328 e. The predicted molar refractivity (Wildman–Crippen MR) is 118 cm³/mol.